The highest BCUT2D eigenvalue weighted by Crippen LogP contribution is 2.49. The number of nitro benzene ring substituents is 1. The molecule has 0 fully saturated rings. The van der Waals surface area contributed by atoms with E-state index in [1.165, 1.54) is 13.6 Å². The first-order valence-electron chi connectivity index (χ1n) is 8.56. The maximum Gasteiger partial charge on any atom is 0.416 e. The van der Waals surface area contributed by atoms with Crippen LogP contribution in [0.4, 0.5) is 23.2 Å². The first-order valence-corrected chi connectivity index (χ1v) is 10.7. The van der Waals surface area contributed by atoms with Gasteiger partial charge in [0.2, 0.25) is 13.1 Å². The molecule has 0 bridgehead atoms. The van der Waals surface area contributed by atoms with Gasteiger partial charge in [0.05, 0.1) is 17.1 Å². The molecule has 0 saturated carbocycles. The predicted octanol–water partition coefficient (Wildman–Crippen LogP) is 6.21. The van der Waals surface area contributed by atoms with Crippen molar-refractivity contribution in [3.63, 3.8) is 0 Å². The van der Waals surface area contributed by atoms with Gasteiger partial charge < -0.3 is 14.0 Å². The smallest absolute Gasteiger partial charge is 0.416 e. The van der Waals surface area contributed by atoms with E-state index in [4.69, 9.17) is 14.0 Å². The van der Waals surface area contributed by atoms with Crippen molar-refractivity contribution in [3.05, 3.63) is 57.9 Å². The highest BCUT2D eigenvalue weighted by Gasteiger charge is 2.32. The van der Waals surface area contributed by atoms with Crippen LogP contribution in [-0.4, -0.2) is 24.0 Å². The van der Waals surface area contributed by atoms with Gasteiger partial charge in [-0.1, -0.05) is 0 Å². The van der Waals surface area contributed by atoms with Gasteiger partial charge in [-0.2, -0.15) is 13.2 Å². The molecule has 164 valence electrons. The minimum Gasteiger partial charge on any atom is -0.473 e. The van der Waals surface area contributed by atoms with Crippen LogP contribution < -0.4 is 9.47 Å². The molecule has 0 aliphatic carbocycles. The summed E-state index contributed by atoms with van der Waals surface area (Å²) in [7, 11) is -3.26. The SMILES string of the molecule is CCOP(C)(=O)C(C)Oc1cc(Oc2ccc(C(F)(F)F)cc2F)ccc1[N+](=O)[O-]. The van der Waals surface area contributed by atoms with Crippen LogP contribution in [0.15, 0.2) is 36.4 Å². The number of ether oxygens (including phenoxy) is 2. The molecule has 0 aliphatic heterocycles. The van der Waals surface area contributed by atoms with Crippen LogP contribution in [0.5, 0.6) is 17.2 Å². The zero-order valence-corrected chi connectivity index (χ0v) is 17.0. The third-order valence-electron chi connectivity index (χ3n) is 3.96. The van der Waals surface area contributed by atoms with Crippen molar-refractivity contribution >= 4 is 13.1 Å². The Hall–Kier alpha value is -2.65. The Balaban J connectivity index is 2.34. The Bertz CT molecular complexity index is 982. The number of hydrogen-bond donors (Lipinski definition) is 0. The summed E-state index contributed by atoms with van der Waals surface area (Å²) in [5.41, 5.74) is -1.66. The molecule has 12 heteroatoms. The van der Waals surface area contributed by atoms with E-state index < -0.39 is 47.1 Å². The van der Waals surface area contributed by atoms with Gasteiger partial charge in [0.1, 0.15) is 5.75 Å². The second-order valence-corrected chi connectivity index (χ2v) is 8.98. The second-order valence-electron chi connectivity index (χ2n) is 6.18. The van der Waals surface area contributed by atoms with Crippen LogP contribution in [0.3, 0.4) is 0 Å². The molecule has 2 atom stereocenters. The lowest BCUT2D eigenvalue weighted by molar-refractivity contribution is -0.386. The average Bonchev–Trinajstić information content (AvgIpc) is 2.62. The Kier molecular flexibility index (Phi) is 7.10. The molecule has 2 aromatic carbocycles. The van der Waals surface area contributed by atoms with E-state index in [0.717, 1.165) is 24.3 Å². The monoisotopic (exact) mass is 451 g/mol. The largest absolute Gasteiger partial charge is 0.473 e. The highest BCUT2D eigenvalue weighted by atomic mass is 31.2. The van der Waals surface area contributed by atoms with Crippen LogP contribution in [-0.2, 0) is 15.3 Å². The van der Waals surface area contributed by atoms with Crippen LogP contribution in [0, 0.1) is 15.9 Å². The highest BCUT2D eigenvalue weighted by molar-refractivity contribution is 7.58. The van der Waals surface area contributed by atoms with Crippen molar-refractivity contribution in [2.45, 2.75) is 25.9 Å². The molecule has 0 saturated heterocycles. The van der Waals surface area contributed by atoms with Gasteiger partial charge in [-0.3, -0.25) is 14.7 Å². The van der Waals surface area contributed by atoms with Gasteiger partial charge in [0, 0.05) is 18.8 Å². The molecule has 0 aliphatic rings. The van der Waals surface area contributed by atoms with E-state index in [1.807, 2.05) is 0 Å². The summed E-state index contributed by atoms with van der Waals surface area (Å²) in [6.45, 7) is 4.48. The maximum atomic E-state index is 14.0. The molecule has 2 unspecified atom stereocenters. The van der Waals surface area contributed by atoms with Crippen molar-refractivity contribution in [3.8, 4) is 17.2 Å². The summed E-state index contributed by atoms with van der Waals surface area (Å²) >= 11 is 0. The molecular weight excluding hydrogens is 433 g/mol. The van der Waals surface area contributed by atoms with Crippen LogP contribution in [0.2, 0.25) is 0 Å². The third-order valence-corrected chi connectivity index (χ3v) is 6.16. The minimum absolute atomic E-state index is 0.135. The summed E-state index contributed by atoms with van der Waals surface area (Å²) in [6, 6.07) is 4.89. The molecule has 0 radical (unpaired) electrons. The van der Waals surface area contributed by atoms with Crippen molar-refractivity contribution < 1.29 is 41.0 Å². The number of nitrogens with zero attached hydrogens (tertiary/aromatic N) is 1. The first kappa shape index (κ1) is 23.6. The normalized spacial score (nSPS) is 14.6. The zero-order chi connectivity index (χ0) is 22.7. The minimum atomic E-state index is -4.72. The number of benzene rings is 2. The average molecular weight is 451 g/mol. The Morgan fingerprint density at radius 3 is 2.37 bits per heavy atom. The van der Waals surface area contributed by atoms with Gasteiger partial charge in [0.25, 0.3) is 0 Å². The van der Waals surface area contributed by atoms with Gasteiger partial charge in [0.15, 0.2) is 17.4 Å². The van der Waals surface area contributed by atoms with Crippen LogP contribution in [0.25, 0.3) is 0 Å². The second kappa shape index (κ2) is 9.01. The standard InChI is InChI=1S/C18H18F4NO6P/c1-4-27-30(3,26)11(2)28-17-10-13(6-7-15(17)23(24)25)29-16-8-5-12(9-14(16)19)18(20,21)22/h5-11H,4H2,1-3H3. The molecule has 0 amide bonds. The Morgan fingerprint density at radius 1 is 1.17 bits per heavy atom. The van der Waals surface area contributed by atoms with Gasteiger partial charge in [-0.15, -0.1) is 0 Å². The fourth-order valence-electron chi connectivity index (χ4n) is 2.33. The molecule has 0 spiro atoms. The summed E-state index contributed by atoms with van der Waals surface area (Å²) in [5, 5.41) is 11.3. The molecular formula is C18H18F4NO6P. The number of halogens is 4. The van der Waals surface area contributed by atoms with E-state index in [-0.39, 0.29) is 24.2 Å². The van der Waals surface area contributed by atoms with E-state index in [1.54, 1.807) is 6.92 Å². The van der Waals surface area contributed by atoms with Gasteiger partial charge in [-0.05, 0) is 38.1 Å². The van der Waals surface area contributed by atoms with Crippen LogP contribution in [0.1, 0.15) is 19.4 Å². The number of nitro groups is 1. The first-order chi connectivity index (χ1) is 13.8. The third kappa shape index (κ3) is 5.70. The summed E-state index contributed by atoms with van der Waals surface area (Å²) < 4.78 is 80.2. The summed E-state index contributed by atoms with van der Waals surface area (Å²) in [6.07, 6.45) is -4.72. The quantitative estimate of drug-likeness (QED) is 0.205. The molecule has 0 N–H and O–H groups in total. The molecule has 2 rings (SSSR count). The Labute approximate surface area is 169 Å². The molecule has 0 aromatic heterocycles. The predicted molar refractivity (Wildman–Crippen MR) is 99.8 cm³/mol. The lowest BCUT2D eigenvalue weighted by Crippen LogP contribution is -2.14. The maximum absolute atomic E-state index is 14.0. The van der Waals surface area contributed by atoms with E-state index in [0.29, 0.717) is 6.07 Å². The van der Waals surface area contributed by atoms with Crippen molar-refractivity contribution in [1.82, 2.24) is 0 Å². The summed E-state index contributed by atoms with van der Waals surface area (Å²) in [5.74, 6) is -3.29. The molecule has 0 heterocycles. The number of alkyl halides is 3. The van der Waals surface area contributed by atoms with Crippen molar-refractivity contribution in [2.75, 3.05) is 13.3 Å². The fraction of sp³-hybridized carbons (Fsp3) is 0.333. The number of hydrogen-bond acceptors (Lipinski definition) is 6. The molecule has 2 aromatic rings. The lowest BCUT2D eigenvalue weighted by Gasteiger charge is -2.21. The molecule has 30 heavy (non-hydrogen) atoms. The van der Waals surface area contributed by atoms with Gasteiger partial charge in [-0.25, -0.2) is 4.39 Å². The van der Waals surface area contributed by atoms with E-state index in [2.05, 4.69) is 0 Å². The fourth-order valence-corrected chi connectivity index (χ4v) is 3.36. The van der Waals surface area contributed by atoms with Gasteiger partial charge >= 0.3 is 11.9 Å². The van der Waals surface area contributed by atoms with Crippen LogP contribution >= 0.6 is 7.37 Å². The van der Waals surface area contributed by atoms with Crippen molar-refractivity contribution in [2.24, 2.45) is 0 Å². The van der Waals surface area contributed by atoms with E-state index in [9.17, 15) is 32.2 Å². The Morgan fingerprint density at radius 2 is 1.83 bits per heavy atom. The number of rotatable bonds is 8. The molecule has 7 nitrogen and oxygen atoms in total. The van der Waals surface area contributed by atoms with Crippen molar-refractivity contribution in [1.29, 1.82) is 0 Å². The summed E-state index contributed by atoms with van der Waals surface area (Å²) in [4.78, 5) is 10.5. The topological polar surface area (TPSA) is 87.9 Å². The lowest BCUT2D eigenvalue weighted by atomic mass is 10.2. The van der Waals surface area contributed by atoms with E-state index >= 15 is 0 Å². The zero-order valence-electron chi connectivity index (χ0n) is 16.1.